The van der Waals surface area contributed by atoms with Crippen LogP contribution in [-0.2, 0) is 0 Å². The van der Waals surface area contributed by atoms with Crippen LogP contribution in [-0.4, -0.2) is 14.9 Å². The maximum atomic E-state index is 10.9. The molecule has 0 spiro atoms. The van der Waals surface area contributed by atoms with Gasteiger partial charge in [-0.3, -0.25) is 0 Å². The molecule has 0 aliphatic heterocycles. The van der Waals surface area contributed by atoms with Crippen LogP contribution in [0.15, 0.2) is 0 Å². The Morgan fingerprint density at radius 3 is 2.00 bits per heavy atom. The predicted molar refractivity (Wildman–Crippen MR) is 36.0 cm³/mol. The molecular formula is C5H14NORbSi. The number of hydrogen-bond acceptors (Lipinski definition) is 2. The second kappa shape index (κ2) is 6.64. The Bertz CT molecular complexity index is 64.5. The van der Waals surface area contributed by atoms with E-state index in [0.717, 1.165) is 12.5 Å². The summed E-state index contributed by atoms with van der Waals surface area (Å²) in [5.74, 6) is 0. The van der Waals surface area contributed by atoms with E-state index in [-0.39, 0.29) is 58.2 Å². The van der Waals surface area contributed by atoms with Crippen LogP contribution in [0.2, 0.25) is 19.1 Å². The van der Waals surface area contributed by atoms with Crippen molar-refractivity contribution in [1.29, 1.82) is 0 Å². The maximum Gasteiger partial charge on any atom is 1.00 e. The average molecular weight is 218 g/mol. The van der Waals surface area contributed by atoms with Gasteiger partial charge in [0.05, 0.1) is 0 Å². The fourth-order valence-corrected chi connectivity index (χ4v) is 1.58. The Balaban J connectivity index is 0. The van der Waals surface area contributed by atoms with Gasteiger partial charge in [0.15, 0.2) is 0 Å². The molecule has 2 N–H and O–H groups in total. The van der Waals surface area contributed by atoms with E-state index >= 15 is 0 Å². The normalized spacial score (nSPS) is 10.7. The van der Waals surface area contributed by atoms with Gasteiger partial charge in [0, 0.05) is 0 Å². The molecule has 0 aliphatic carbocycles. The van der Waals surface area contributed by atoms with Crippen molar-refractivity contribution in [2.24, 2.45) is 5.73 Å². The summed E-state index contributed by atoms with van der Waals surface area (Å²) in [5, 5.41) is 0. The number of rotatable bonds is 3. The summed E-state index contributed by atoms with van der Waals surface area (Å²) >= 11 is 0. The monoisotopic (exact) mass is 217 g/mol. The van der Waals surface area contributed by atoms with Crippen molar-refractivity contribution in [3.05, 3.63) is 0 Å². The third-order valence-electron chi connectivity index (χ3n) is 0.983. The van der Waals surface area contributed by atoms with E-state index in [4.69, 9.17) is 5.73 Å². The first kappa shape index (κ1) is 13.5. The molecule has 2 nitrogen and oxygen atoms in total. The molecule has 0 heterocycles. The molecule has 0 unspecified atom stereocenters. The fraction of sp³-hybridized carbons (Fsp3) is 1.00. The first-order chi connectivity index (χ1) is 3.56. The third kappa shape index (κ3) is 13.0. The van der Waals surface area contributed by atoms with Crippen LogP contribution in [0.25, 0.3) is 0 Å². The quantitative estimate of drug-likeness (QED) is 0.510. The SMILES string of the molecule is C[Si](C)([O-])CCCN.[Rb+]. The molecule has 0 bridgehead atoms. The minimum absolute atomic E-state index is 0. The average Bonchev–Trinajstić information content (AvgIpc) is 1.59. The van der Waals surface area contributed by atoms with E-state index < -0.39 is 8.32 Å². The van der Waals surface area contributed by atoms with Crippen molar-refractivity contribution < 1.29 is 63.0 Å². The van der Waals surface area contributed by atoms with Gasteiger partial charge in [-0.1, -0.05) is 27.5 Å². The summed E-state index contributed by atoms with van der Waals surface area (Å²) in [5.41, 5.74) is 5.22. The van der Waals surface area contributed by atoms with Crippen LogP contribution in [0.1, 0.15) is 6.42 Å². The van der Waals surface area contributed by atoms with Crippen molar-refractivity contribution in [2.75, 3.05) is 6.54 Å². The molecule has 0 atom stereocenters. The molecular weight excluding hydrogens is 204 g/mol. The number of nitrogens with two attached hydrogens (primary N) is 1. The van der Waals surface area contributed by atoms with E-state index in [9.17, 15) is 4.80 Å². The second-order valence-corrected chi connectivity index (χ2v) is 6.67. The summed E-state index contributed by atoms with van der Waals surface area (Å²) in [7, 11) is -2.01. The molecule has 0 amide bonds. The van der Waals surface area contributed by atoms with Gasteiger partial charge < -0.3 is 10.5 Å². The van der Waals surface area contributed by atoms with Crippen LogP contribution in [0.4, 0.5) is 0 Å². The van der Waals surface area contributed by atoms with Crippen LogP contribution in [0.5, 0.6) is 0 Å². The van der Waals surface area contributed by atoms with E-state index in [1.54, 1.807) is 0 Å². The molecule has 50 valence electrons. The topological polar surface area (TPSA) is 49.1 Å². The van der Waals surface area contributed by atoms with Gasteiger partial charge in [-0.15, -0.1) is 0 Å². The third-order valence-corrected chi connectivity index (χ3v) is 2.54. The predicted octanol–water partition coefficient (Wildman–Crippen LogP) is -3.10. The van der Waals surface area contributed by atoms with E-state index in [2.05, 4.69) is 0 Å². The van der Waals surface area contributed by atoms with Crippen LogP contribution in [0.3, 0.4) is 0 Å². The van der Waals surface area contributed by atoms with Crippen LogP contribution < -0.4 is 68.7 Å². The van der Waals surface area contributed by atoms with Gasteiger partial charge in [0.2, 0.25) is 0 Å². The molecule has 4 heteroatoms. The second-order valence-electron chi connectivity index (χ2n) is 2.65. The molecule has 9 heavy (non-hydrogen) atoms. The van der Waals surface area contributed by atoms with E-state index in [0.29, 0.717) is 6.54 Å². The Labute approximate surface area is 107 Å². The van der Waals surface area contributed by atoms with E-state index in [1.807, 2.05) is 13.1 Å². The summed E-state index contributed by atoms with van der Waals surface area (Å²) < 4.78 is 0. The molecule has 0 aromatic rings. The Hall–Kier alpha value is 1.94. The summed E-state index contributed by atoms with van der Waals surface area (Å²) in [6.45, 7) is 4.31. The summed E-state index contributed by atoms with van der Waals surface area (Å²) in [6, 6.07) is 0.823. The van der Waals surface area contributed by atoms with Crippen molar-refractivity contribution in [3.8, 4) is 0 Å². The summed E-state index contributed by atoms with van der Waals surface area (Å²) in [4.78, 5) is 10.9. The number of hydrogen-bond donors (Lipinski definition) is 1. The van der Waals surface area contributed by atoms with Gasteiger partial charge in [0.25, 0.3) is 0 Å². The maximum absolute atomic E-state index is 10.9. The first-order valence-electron chi connectivity index (χ1n) is 2.97. The zero-order valence-corrected chi connectivity index (χ0v) is 12.5. The van der Waals surface area contributed by atoms with Gasteiger partial charge in [-0.05, 0) is 13.0 Å². The molecule has 0 rings (SSSR count). The van der Waals surface area contributed by atoms with Crippen molar-refractivity contribution in [2.45, 2.75) is 25.6 Å². The minimum atomic E-state index is -2.01. The molecule has 0 aliphatic rings. The summed E-state index contributed by atoms with van der Waals surface area (Å²) in [6.07, 6.45) is 0.905. The Kier molecular flexibility index (Phi) is 9.98. The Morgan fingerprint density at radius 2 is 1.89 bits per heavy atom. The van der Waals surface area contributed by atoms with E-state index in [1.165, 1.54) is 0 Å². The van der Waals surface area contributed by atoms with Crippen LogP contribution >= 0.6 is 0 Å². The van der Waals surface area contributed by atoms with Gasteiger partial charge in [-0.25, -0.2) is 0 Å². The van der Waals surface area contributed by atoms with Gasteiger partial charge >= 0.3 is 58.2 Å². The van der Waals surface area contributed by atoms with Crippen molar-refractivity contribution in [3.63, 3.8) is 0 Å². The van der Waals surface area contributed by atoms with Gasteiger partial charge in [0.1, 0.15) is 0 Å². The van der Waals surface area contributed by atoms with Crippen molar-refractivity contribution in [1.82, 2.24) is 0 Å². The molecule has 0 fully saturated rings. The molecule has 0 saturated carbocycles. The van der Waals surface area contributed by atoms with Crippen molar-refractivity contribution >= 4 is 8.32 Å². The zero-order chi connectivity index (χ0) is 6.62. The largest absolute Gasteiger partial charge is 1.00 e. The Morgan fingerprint density at radius 1 is 1.44 bits per heavy atom. The fourth-order valence-electron chi connectivity index (χ4n) is 0.528. The van der Waals surface area contributed by atoms with Gasteiger partial charge in [-0.2, -0.15) is 0 Å². The first-order valence-corrected chi connectivity index (χ1v) is 6.08. The molecule has 0 radical (unpaired) electrons. The molecule has 0 aromatic heterocycles. The molecule has 0 saturated heterocycles. The standard InChI is InChI=1S/C5H14NOSi.Rb/c1-8(2,7)5-3-4-6;/h3-6H2,1-2H3;/q-1;+1. The minimum Gasteiger partial charge on any atom is -0.859 e. The van der Waals surface area contributed by atoms with Crippen LogP contribution in [0, 0.1) is 0 Å². The zero-order valence-electron chi connectivity index (χ0n) is 6.61. The molecule has 0 aromatic carbocycles. The smallest absolute Gasteiger partial charge is 0.859 e.